The summed E-state index contributed by atoms with van der Waals surface area (Å²) in [5, 5.41) is 5.16. The monoisotopic (exact) mass is 585 g/mol. The molecule has 1 aliphatic heterocycles. The zero-order valence-corrected chi connectivity index (χ0v) is 24.9. The summed E-state index contributed by atoms with van der Waals surface area (Å²) < 4.78 is 0. The highest BCUT2D eigenvalue weighted by Gasteiger charge is 2.43. The highest BCUT2D eigenvalue weighted by Crippen LogP contribution is 2.49. The molecule has 0 fully saturated rings. The zero-order valence-electron chi connectivity index (χ0n) is 24.2. The van der Waals surface area contributed by atoms with Crippen LogP contribution >= 0.6 is 11.6 Å². The summed E-state index contributed by atoms with van der Waals surface area (Å²) in [4.78, 5) is 34.1. The number of carbonyl (C=O) groups excluding carboxylic acids is 2. The second kappa shape index (κ2) is 10.6. The average molecular weight is 586 g/mol. The maximum atomic E-state index is 14.5. The molecule has 2 N–H and O–H groups in total. The predicted molar refractivity (Wildman–Crippen MR) is 174 cm³/mol. The van der Waals surface area contributed by atoms with Crippen molar-refractivity contribution < 1.29 is 9.59 Å². The van der Waals surface area contributed by atoms with Crippen LogP contribution in [0.25, 0.3) is 16.5 Å². The van der Waals surface area contributed by atoms with Crippen LogP contribution in [0.1, 0.15) is 55.0 Å². The minimum Gasteiger partial charge on any atom is -0.358 e. The molecule has 1 aliphatic carbocycles. The van der Waals surface area contributed by atoms with E-state index in [0.717, 1.165) is 44.7 Å². The van der Waals surface area contributed by atoms with Crippen LogP contribution in [0.3, 0.4) is 0 Å². The third kappa shape index (κ3) is 4.94. The first-order valence-electron chi connectivity index (χ1n) is 14.6. The number of Topliss-reactive ketones (excluding diaryl/α,β-unsaturated/α-hetero) is 1. The molecule has 1 atom stereocenters. The predicted octanol–water partition coefficient (Wildman–Crippen LogP) is 8.71. The number of nitrogens with one attached hydrogen (secondary N) is 2. The van der Waals surface area contributed by atoms with Gasteiger partial charge < -0.3 is 15.2 Å². The van der Waals surface area contributed by atoms with E-state index in [0.29, 0.717) is 35.7 Å². The number of para-hydroxylation sites is 2. The summed E-state index contributed by atoms with van der Waals surface area (Å²) in [6.07, 6.45) is 1.10. The third-order valence-corrected chi connectivity index (χ3v) is 8.79. The lowest BCUT2D eigenvalue weighted by atomic mass is 9.74. The zero-order chi connectivity index (χ0) is 29.7. The lowest BCUT2D eigenvalue weighted by Crippen LogP contribution is -2.30. The van der Waals surface area contributed by atoms with Gasteiger partial charge in [-0.25, -0.2) is 0 Å². The number of anilines is 2. The molecular weight excluding hydrogens is 554 g/mol. The van der Waals surface area contributed by atoms with Gasteiger partial charge in [0.05, 0.1) is 23.7 Å². The highest BCUT2D eigenvalue weighted by atomic mass is 35.5. The fourth-order valence-corrected chi connectivity index (χ4v) is 6.80. The average Bonchev–Trinajstić information content (AvgIpc) is 3.48. The van der Waals surface area contributed by atoms with Crippen LogP contribution < -0.4 is 10.2 Å². The molecule has 6 heteroatoms. The van der Waals surface area contributed by atoms with Gasteiger partial charge in [0.2, 0.25) is 5.91 Å². The largest absolute Gasteiger partial charge is 0.358 e. The maximum absolute atomic E-state index is 14.5. The molecule has 1 aromatic heterocycles. The normalized spacial score (nSPS) is 17.9. The molecule has 0 saturated carbocycles. The number of rotatable bonds is 6. The Balaban J connectivity index is 1.43. The van der Waals surface area contributed by atoms with Gasteiger partial charge in [-0.1, -0.05) is 92.2 Å². The highest BCUT2D eigenvalue weighted by molar-refractivity contribution is 6.30. The molecule has 5 aromatic rings. The number of benzene rings is 4. The van der Waals surface area contributed by atoms with Gasteiger partial charge in [0.1, 0.15) is 0 Å². The number of H-pyrrole nitrogens is 1. The summed E-state index contributed by atoms with van der Waals surface area (Å²) in [5.74, 6) is -0.495. The van der Waals surface area contributed by atoms with Crippen molar-refractivity contribution in [3.05, 3.63) is 136 Å². The van der Waals surface area contributed by atoms with Crippen molar-refractivity contribution in [1.82, 2.24) is 4.98 Å². The van der Waals surface area contributed by atoms with Gasteiger partial charge >= 0.3 is 0 Å². The minimum atomic E-state index is -0.557. The van der Waals surface area contributed by atoms with Gasteiger partial charge in [-0.05, 0) is 59.4 Å². The Morgan fingerprint density at radius 2 is 1.56 bits per heavy atom. The number of carbonyl (C=O) groups is 2. The van der Waals surface area contributed by atoms with Crippen LogP contribution in [0, 0.1) is 5.41 Å². The third-order valence-electron chi connectivity index (χ3n) is 8.53. The SMILES string of the molecule is CC1(C)CC(=O)C(c2[nH]c3ccccc3c2C2C(=O)N(Cc3ccccc3)c3ccccc32)=C(Nc2ccc(Cl)cc2)C1. The molecule has 7 rings (SSSR count). The number of hydrogen-bond acceptors (Lipinski definition) is 3. The van der Waals surface area contributed by atoms with Crippen molar-refractivity contribution in [2.75, 3.05) is 10.2 Å². The van der Waals surface area contributed by atoms with E-state index < -0.39 is 5.92 Å². The number of nitrogens with zero attached hydrogens (tertiary/aromatic N) is 1. The van der Waals surface area contributed by atoms with Crippen LogP contribution in [0.2, 0.25) is 5.02 Å². The number of hydrogen-bond donors (Lipinski definition) is 2. The van der Waals surface area contributed by atoms with Gasteiger partial charge in [-0.3, -0.25) is 9.59 Å². The Labute approximate surface area is 256 Å². The van der Waals surface area contributed by atoms with Crippen molar-refractivity contribution >= 4 is 51.1 Å². The van der Waals surface area contributed by atoms with Gasteiger partial charge in [0, 0.05) is 45.0 Å². The van der Waals surface area contributed by atoms with Crippen LogP contribution in [0.4, 0.5) is 11.4 Å². The lowest BCUT2D eigenvalue weighted by Gasteiger charge is -2.33. The summed E-state index contributed by atoms with van der Waals surface area (Å²) in [7, 11) is 0. The molecule has 2 heterocycles. The van der Waals surface area contributed by atoms with Crippen molar-refractivity contribution in [2.45, 2.75) is 39.2 Å². The summed E-state index contributed by atoms with van der Waals surface area (Å²) >= 11 is 6.17. The molecule has 214 valence electrons. The van der Waals surface area contributed by atoms with Gasteiger partial charge in [-0.2, -0.15) is 0 Å². The van der Waals surface area contributed by atoms with Crippen molar-refractivity contribution in [3.63, 3.8) is 0 Å². The van der Waals surface area contributed by atoms with E-state index in [4.69, 9.17) is 11.6 Å². The standard InChI is InChI=1S/C37H32ClN3O2/c1-37(2)20-29(39-25-18-16-24(38)17-19-25)34(31(42)21-37)35-32(26-12-6-8-14-28(26)40-35)33-27-13-7-9-15-30(27)41(36(33)43)22-23-10-4-3-5-11-23/h3-19,33,39-40H,20-22H2,1-2H3. The molecule has 1 unspecified atom stereocenters. The molecule has 43 heavy (non-hydrogen) atoms. The number of amides is 1. The minimum absolute atomic E-state index is 0.00690. The molecule has 4 aromatic carbocycles. The Morgan fingerprint density at radius 3 is 2.35 bits per heavy atom. The second-order valence-electron chi connectivity index (χ2n) is 12.3. The number of ketones is 1. The molecule has 0 saturated heterocycles. The second-order valence-corrected chi connectivity index (χ2v) is 12.7. The Morgan fingerprint density at radius 1 is 0.860 bits per heavy atom. The van der Waals surface area contributed by atoms with E-state index in [1.807, 2.05) is 108 Å². The molecule has 0 bridgehead atoms. The maximum Gasteiger partial charge on any atom is 0.239 e. The van der Waals surface area contributed by atoms with Crippen LogP contribution in [0.15, 0.2) is 109 Å². The van der Waals surface area contributed by atoms with Crippen molar-refractivity contribution in [1.29, 1.82) is 0 Å². The van der Waals surface area contributed by atoms with E-state index in [1.165, 1.54) is 0 Å². The quantitative estimate of drug-likeness (QED) is 0.209. The Bertz CT molecular complexity index is 1900. The molecule has 2 aliphatic rings. The van der Waals surface area contributed by atoms with E-state index in [9.17, 15) is 9.59 Å². The Kier molecular flexibility index (Phi) is 6.71. The number of allylic oxidation sites excluding steroid dienone is 2. The van der Waals surface area contributed by atoms with Crippen LogP contribution in [-0.2, 0) is 16.1 Å². The van der Waals surface area contributed by atoms with E-state index in [1.54, 1.807) is 0 Å². The van der Waals surface area contributed by atoms with Gasteiger partial charge in [0.15, 0.2) is 5.78 Å². The van der Waals surface area contributed by atoms with Crippen LogP contribution in [0.5, 0.6) is 0 Å². The van der Waals surface area contributed by atoms with Crippen molar-refractivity contribution in [2.24, 2.45) is 5.41 Å². The fraction of sp³-hybridized carbons (Fsp3) is 0.189. The number of fused-ring (bicyclic) bond motifs is 2. The topological polar surface area (TPSA) is 65.2 Å². The molecule has 0 spiro atoms. The Hall–Kier alpha value is -4.61. The van der Waals surface area contributed by atoms with E-state index in [-0.39, 0.29) is 17.1 Å². The summed E-state index contributed by atoms with van der Waals surface area (Å²) in [6, 6.07) is 33.6. The number of halogens is 1. The first-order chi connectivity index (χ1) is 20.8. The van der Waals surface area contributed by atoms with Crippen LogP contribution in [-0.4, -0.2) is 16.7 Å². The number of aromatic nitrogens is 1. The van der Waals surface area contributed by atoms with E-state index >= 15 is 0 Å². The van der Waals surface area contributed by atoms with Crippen molar-refractivity contribution in [3.8, 4) is 0 Å². The molecule has 0 radical (unpaired) electrons. The van der Waals surface area contributed by atoms with Gasteiger partial charge in [-0.15, -0.1) is 0 Å². The summed E-state index contributed by atoms with van der Waals surface area (Å²) in [6.45, 7) is 4.72. The van der Waals surface area contributed by atoms with E-state index in [2.05, 4.69) is 24.1 Å². The smallest absolute Gasteiger partial charge is 0.239 e. The first-order valence-corrected chi connectivity index (χ1v) is 15.0. The number of aromatic amines is 1. The lowest BCUT2D eigenvalue weighted by molar-refractivity contribution is -0.119. The summed E-state index contributed by atoms with van der Waals surface area (Å²) in [5.41, 5.74) is 7.48. The molecular formula is C37H32ClN3O2. The first kappa shape index (κ1) is 27.2. The fourth-order valence-electron chi connectivity index (χ4n) is 6.68. The molecule has 1 amide bonds. The van der Waals surface area contributed by atoms with Gasteiger partial charge in [0.25, 0.3) is 0 Å². The molecule has 5 nitrogen and oxygen atoms in total.